The van der Waals surface area contributed by atoms with Crippen LogP contribution in [0.4, 0.5) is 5.69 Å². The Morgan fingerprint density at radius 2 is 2.04 bits per heavy atom. The van der Waals surface area contributed by atoms with Crippen molar-refractivity contribution in [2.24, 2.45) is 0 Å². The quantitative estimate of drug-likeness (QED) is 0.811. The van der Waals surface area contributed by atoms with E-state index in [0.717, 1.165) is 37.4 Å². The normalized spacial score (nSPS) is 25.4. The number of likely N-dealkylation sites (tertiary alicyclic amines) is 1. The van der Waals surface area contributed by atoms with Crippen LogP contribution in [0.2, 0.25) is 0 Å². The molecule has 1 fully saturated rings. The highest BCUT2D eigenvalue weighted by Gasteiger charge is 2.54. The van der Waals surface area contributed by atoms with Crippen LogP contribution in [-0.4, -0.2) is 31.1 Å². The summed E-state index contributed by atoms with van der Waals surface area (Å²) in [5.41, 5.74) is 3.45. The van der Waals surface area contributed by atoms with Gasteiger partial charge >= 0.3 is 0 Å². The van der Waals surface area contributed by atoms with Crippen molar-refractivity contribution in [3.8, 4) is 5.75 Å². The molecule has 4 nitrogen and oxygen atoms in total. The van der Waals surface area contributed by atoms with E-state index in [1.807, 2.05) is 23.1 Å². The van der Waals surface area contributed by atoms with Gasteiger partial charge in [0.05, 0.1) is 13.3 Å². The molecule has 1 saturated heterocycles. The minimum absolute atomic E-state index is 0.0560. The number of ether oxygens (including phenoxy) is 1. The first-order valence-corrected chi connectivity index (χ1v) is 8.37. The molecule has 0 bridgehead atoms. The fourth-order valence-corrected chi connectivity index (χ4v) is 4.34. The number of hydrogen-bond acceptors (Lipinski definition) is 3. The largest absolute Gasteiger partial charge is 0.497 e. The third-order valence-electron chi connectivity index (χ3n) is 5.54. The van der Waals surface area contributed by atoms with Crippen LogP contribution < -0.4 is 9.64 Å². The van der Waals surface area contributed by atoms with E-state index >= 15 is 0 Å². The molecular weight excluding hydrogens is 300 g/mol. The Morgan fingerprint density at radius 1 is 1.25 bits per heavy atom. The lowest BCUT2D eigenvalue weighted by Crippen LogP contribution is -2.48. The highest BCUT2D eigenvalue weighted by atomic mass is 16.5. The molecule has 24 heavy (non-hydrogen) atoms. The van der Waals surface area contributed by atoms with E-state index in [9.17, 15) is 4.79 Å². The SMILES string of the molecule is COc1ccc2c(c1)[C@]1(C)CCN(Cc3ccccc3)C1N2C=O. The maximum Gasteiger partial charge on any atom is 0.215 e. The number of nitrogens with zero attached hydrogens (tertiary/aromatic N) is 2. The Labute approximate surface area is 142 Å². The molecule has 0 N–H and O–H groups in total. The average Bonchev–Trinajstić information content (AvgIpc) is 3.07. The molecule has 0 radical (unpaired) electrons. The zero-order valence-corrected chi connectivity index (χ0v) is 14.1. The molecule has 1 unspecified atom stereocenters. The molecule has 2 heterocycles. The summed E-state index contributed by atoms with van der Waals surface area (Å²) in [6, 6.07) is 16.5. The summed E-state index contributed by atoms with van der Waals surface area (Å²) in [5.74, 6) is 0.850. The van der Waals surface area contributed by atoms with E-state index in [-0.39, 0.29) is 11.6 Å². The van der Waals surface area contributed by atoms with Crippen LogP contribution in [0, 0.1) is 0 Å². The number of carbonyl (C=O) groups excluding carboxylic acids is 1. The summed E-state index contributed by atoms with van der Waals surface area (Å²) in [4.78, 5) is 16.2. The zero-order chi connectivity index (χ0) is 16.7. The van der Waals surface area contributed by atoms with Gasteiger partial charge in [0.2, 0.25) is 6.41 Å². The van der Waals surface area contributed by atoms with Crippen molar-refractivity contribution in [3.05, 3.63) is 59.7 Å². The van der Waals surface area contributed by atoms with E-state index in [0.29, 0.717) is 0 Å². The van der Waals surface area contributed by atoms with Crippen molar-refractivity contribution >= 4 is 12.1 Å². The summed E-state index contributed by atoms with van der Waals surface area (Å²) in [6.07, 6.45) is 2.08. The maximum absolute atomic E-state index is 11.9. The molecule has 4 rings (SSSR count). The van der Waals surface area contributed by atoms with Crippen LogP contribution in [0.15, 0.2) is 48.5 Å². The van der Waals surface area contributed by atoms with Gasteiger partial charge in [-0.1, -0.05) is 37.3 Å². The van der Waals surface area contributed by atoms with Crippen molar-refractivity contribution in [2.45, 2.75) is 31.5 Å². The number of carbonyl (C=O) groups is 1. The van der Waals surface area contributed by atoms with Gasteiger partial charge in [0.25, 0.3) is 0 Å². The second-order valence-electron chi connectivity index (χ2n) is 6.89. The van der Waals surface area contributed by atoms with Crippen molar-refractivity contribution in [1.82, 2.24) is 4.90 Å². The highest BCUT2D eigenvalue weighted by molar-refractivity contribution is 5.83. The number of benzene rings is 2. The Morgan fingerprint density at radius 3 is 2.75 bits per heavy atom. The van der Waals surface area contributed by atoms with Gasteiger partial charge in [0.15, 0.2) is 0 Å². The highest BCUT2D eigenvalue weighted by Crippen LogP contribution is 2.52. The molecule has 124 valence electrons. The van der Waals surface area contributed by atoms with Gasteiger partial charge < -0.3 is 4.74 Å². The standard InChI is InChI=1S/C20H22N2O2/c1-20-10-11-21(13-15-6-4-3-5-7-15)19(20)22(14-23)18-9-8-16(24-2)12-17(18)20/h3-9,12,14,19H,10-11,13H2,1-2H3/t19?,20-/m0/s1. The van der Waals surface area contributed by atoms with E-state index in [2.05, 4.69) is 42.2 Å². The summed E-state index contributed by atoms with van der Waals surface area (Å²) in [5, 5.41) is 0. The first-order chi connectivity index (χ1) is 11.7. The predicted octanol–water partition coefficient (Wildman–Crippen LogP) is 3.16. The second-order valence-corrected chi connectivity index (χ2v) is 6.89. The summed E-state index contributed by atoms with van der Waals surface area (Å²) >= 11 is 0. The molecule has 2 aromatic rings. The minimum Gasteiger partial charge on any atom is -0.497 e. The molecule has 0 aromatic heterocycles. The summed E-state index contributed by atoms with van der Waals surface area (Å²) in [7, 11) is 1.68. The van der Waals surface area contributed by atoms with Crippen LogP contribution in [0.5, 0.6) is 5.75 Å². The number of methoxy groups -OCH3 is 1. The number of anilines is 1. The van der Waals surface area contributed by atoms with Crippen LogP contribution in [0.25, 0.3) is 0 Å². The fourth-order valence-electron chi connectivity index (χ4n) is 4.34. The summed E-state index contributed by atoms with van der Waals surface area (Å²) < 4.78 is 5.40. The van der Waals surface area contributed by atoms with Crippen LogP contribution in [0.1, 0.15) is 24.5 Å². The molecular formula is C20H22N2O2. The molecule has 2 atom stereocenters. The first kappa shape index (κ1) is 15.2. The van der Waals surface area contributed by atoms with Gasteiger partial charge in [-0.05, 0) is 35.7 Å². The third-order valence-corrected chi connectivity index (χ3v) is 5.54. The molecule has 2 aromatic carbocycles. The number of hydrogen-bond donors (Lipinski definition) is 0. The molecule has 2 aliphatic rings. The molecule has 4 heteroatoms. The lowest BCUT2D eigenvalue weighted by molar-refractivity contribution is -0.108. The van der Waals surface area contributed by atoms with Crippen LogP contribution in [-0.2, 0) is 16.8 Å². The average molecular weight is 322 g/mol. The van der Waals surface area contributed by atoms with Crippen molar-refractivity contribution in [2.75, 3.05) is 18.6 Å². The third kappa shape index (κ3) is 2.13. The number of rotatable bonds is 4. The molecule has 1 amide bonds. The van der Waals surface area contributed by atoms with E-state index in [4.69, 9.17) is 4.74 Å². The molecule has 0 aliphatic carbocycles. The van der Waals surface area contributed by atoms with E-state index < -0.39 is 0 Å². The van der Waals surface area contributed by atoms with Gasteiger partial charge in [-0.3, -0.25) is 14.6 Å². The van der Waals surface area contributed by atoms with Crippen molar-refractivity contribution in [3.63, 3.8) is 0 Å². The molecule has 2 aliphatic heterocycles. The van der Waals surface area contributed by atoms with Crippen molar-refractivity contribution in [1.29, 1.82) is 0 Å². The summed E-state index contributed by atoms with van der Waals surface area (Å²) in [6.45, 7) is 4.11. The first-order valence-electron chi connectivity index (χ1n) is 8.37. The number of amides is 1. The Balaban J connectivity index is 1.72. The Hall–Kier alpha value is -2.33. The Kier molecular flexibility index (Phi) is 3.57. The zero-order valence-electron chi connectivity index (χ0n) is 14.1. The van der Waals surface area contributed by atoms with E-state index in [1.54, 1.807) is 7.11 Å². The van der Waals surface area contributed by atoms with Crippen molar-refractivity contribution < 1.29 is 9.53 Å². The lowest BCUT2D eigenvalue weighted by Gasteiger charge is -2.33. The monoisotopic (exact) mass is 322 g/mol. The van der Waals surface area contributed by atoms with Gasteiger partial charge in [0.1, 0.15) is 5.75 Å². The Bertz CT molecular complexity index is 761. The maximum atomic E-state index is 11.9. The van der Waals surface area contributed by atoms with E-state index in [1.165, 1.54) is 11.1 Å². The van der Waals surface area contributed by atoms with Crippen LogP contribution >= 0.6 is 0 Å². The second kappa shape index (κ2) is 5.64. The molecule has 0 saturated carbocycles. The topological polar surface area (TPSA) is 32.8 Å². The minimum atomic E-state index is -0.0560. The fraction of sp³-hybridized carbons (Fsp3) is 0.350. The smallest absolute Gasteiger partial charge is 0.215 e. The van der Waals surface area contributed by atoms with Gasteiger partial charge in [0, 0.05) is 24.2 Å². The van der Waals surface area contributed by atoms with Crippen LogP contribution in [0.3, 0.4) is 0 Å². The predicted molar refractivity (Wildman–Crippen MR) is 94.1 cm³/mol. The van der Waals surface area contributed by atoms with Gasteiger partial charge in [-0.15, -0.1) is 0 Å². The lowest BCUT2D eigenvalue weighted by atomic mass is 9.81. The molecule has 0 spiro atoms. The van der Waals surface area contributed by atoms with Gasteiger partial charge in [-0.2, -0.15) is 0 Å². The number of fused-ring (bicyclic) bond motifs is 3. The van der Waals surface area contributed by atoms with Gasteiger partial charge in [-0.25, -0.2) is 0 Å².